The van der Waals surface area contributed by atoms with E-state index in [9.17, 15) is 15.0 Å². The van der Waals surface area contributed by atoms with Crippen molar-refractivity contribution in [2.45, 2.75) is 75.7 Å². The highest BCUT2D eigenvalue weighted by molar-refractivity contribution is 6.46. The number of allylic oxidation sites excluding steroid dienone is 3. The van der Waals surface area contributed by atoms with E-state index in [2.05, 4.69) is 11.9 Å². The molecular formula is C31H40ClN3O4. The number of benzene rings is 1. The lowest BCUT2D eigenvalue weighted by atomic mass is 9.89. The Morgan fingerprint density at radius 3 is 2.82 bits per heavy atom. The van der Waals surface area contributed by atoms with E-state index in [1.807, 2.05) is 62.4 Å². The topological polar surface area (TPSA) is 104 Å². The Kier molecular flexibility index (Phi) is 11.7. The number of fused-ring (bicyclic) bond motifs is 1. The minimum absolute atomic E-state index is 0.162. The van der Waals surface area contributed by atoms with Crippen molar-refractivity contribution in [2.75, 3.05) is 13.1 Å². The molecule has 1 aromatic carbocycles. The third-order valence-corrected chi connectivity index (χ3v) is 6.87. The van der Waals surface area contributed by atoms with Crippen LogP contribution in [0.15, 0.2) is 82.9 Å². The summed E-state index contributed by atoms with van der Waals surface area (Å²) in [6.45, 7) is 8.47. The number of halogens is 1. The number of hydrogen-bond acceptors (Lipinski definition) is 6. The SMILES string of the molecule is C=CC(Cl)C/C=C/C1=NC/C=C\C(C(=O)NC2CC(C)(C)Oc3ccccc32)=C/CN=C1CCCCC(O)O. The number of carbonyl (C=O) groups excluding carboxylic acids is 1. The molecule has 2 aliphatic rings. The lowest BCUT2D eigenvalue weighted by Crippen LogP contribution is -2.41. The van der Waals surface area contributed by atoms with Crippen molar-refractivity contribution < 1.29 is 19.7 Å². The number of amides is 1. The molecule has 0 bridgehead atoms. The molecule has 0 fully saturated rings. The third-order valence-electron chi connectivity index (χ3n) is 6.52. The first-order chi connectivity index (χ1) is 18.7. The Morgan fingerprint density at radius 1 is 1.26 bits per heavy atom. The van der Waals surface area contributed by atoms with Gasteiger partial charge in [0.25, 0.3) is 5.91 Å². The number of aliphatic hydroxyl groups is 2. The molecule has 3 rings (SSSR count). The van der Waals surface area contributed by atoms with Crippen LogP contribution >= 0.6 is 11.6 Å². The van der Waals surface area contributed by atoms with Crippen LogP contribution in [-0.4, -0.2) is 57.9 Å². The Labute approximate surface area is 236 Å². The number of ether oxygens (including phenoxy) is 1. The van der Waals surface area contributed by atoms with Gasteiger partial charge in [-0.2, -0.15) is 0 Å². The van der Waals surface area contributed by atoms with E-state index in [-0.39, 0.29) is 17.3 Å². The van der Waals surface area contributed by atoms with Crippen molar-refractivity contribution >= 4 is 28.9 Å². The number of nitrogens with one attached hydrogen (secondary N) is 1. The highest BCUT2D eigenvalue weighted by Gasteiger charge is 2.34. The monoisotopic (exact) mass is 553 g/mol. The number of nitrogens with zero attached hydrogens (tertiary/aromatic N) is 2. The molecule has 0 saturated carbocycles. The quantitative estimate of drug-likeness (QED) is 0.148. The number of para-hydroxylation sites is 1. The average Bonchev–Trinajstić information content (AvgIpc) is 2.89. The van der Waals surface area contributed by atoms with Gasteiger partial charge in [-0.1, -0.05) is 48.6 Å². The van der Waals surface area contributed by atoms with Crippen molar-refractivity contribution in [2.24, 2.45) is 9.98 Å². The van der Waals surface area contributed by atoms with Gasteiger partial charge in [0.2, 0.25) is 0 Å². The van der Waals surface area contributed by atoms with E-state index in [1.165, 1.54) is 0 Å². The van der Waals surface area contributed by atoms with Gasteiger partial charge in [-0.25, -0.2) is 0 Å². The van der Waals surface area contributed by atoms with Gasteiger partial charge < -0.3 is 20.3 Å². The minimum Gasteiger partial charge on any atom is -0.487 e. The van der Waals surface area contributed by atoms with Crippen LogP contribution in [0.1, 0.15) is 64.0 Å². The van der Waals surface area contributed by atoms with Crippen LogP contribution in [0.3, 0.4) is 0 Å². The summed E-state index contributed by atoms with van der Waals surface area (Å²) >= 11 is 6.17. The lowest BCUT2D eigenvalue weighted by Gasteiger charge is -2.37. The molecule has 0 radical (unpaired) electrons. The lowest BCUT2D eigenvalue weighted by molar-refractivity contribution is -0.118. The Morgan fingerprint density at radius 2 is 2.05 bits per heavy atom. The zero-order valence-electron chi connectivity index (χ0n) is 22.9. The summed E-state index contributed by atoms with van der Waals surface area (Å²) in [5.74, 6) is 0.626. The number of hydrogen-bond donors (Lipinski definition) is 3. The summed E-state index contributed by atoms with van der Waals surface area (Å²) in [6, 6.07) is 7.65. The van der Waals surface area contributed by atoms with Crippen molar-refractivity contribution in [1.82, 2.24) is 5.32 Å². The zero-order valence-corrected chi connectivity index (χ0v) is 23.6. The predicted octanol–water partition coefficient (Wildman–Crippen LogP) is 5.39. The fourth-order valence-electron chi connectivity index (χ4n) is 4.55. The second-order valence-corrected chi connectivity index (χ2v) is 10.9. The van der Waals surface area contributed by atoms with Crippen molar-refractivity contribution in [3.05, 3.63) is 78.4 Å². The van der Waals surface area contributed by atoms with Crippen LogP contribution in [0.25, 0.3) is 0 Å². The number of alkyl halides is 1. The first kappa shape index (κ1) is 30.5. The average molecular weight is 554 g/mol. The highest BCUT2D eigenvalue weighted by atomic mass is 35.5. The predicted molar refractivity (Wildman–Crippen MR) is 159 cm³/mol. The normalized spacial score (nSPS) is 22.0. The summed E-state index contributed by atoms with van der Waals surface area (Å²) in [6.07, 6.45) is 13.4. The van der Waals surface area contributed by atoms with Gasteiger partial charge in [0.1, 0.15) is 11.4 Å². The van der Waals surface area contributed by atoms with Crippen molar-refractivity contribution in [3.63, 3.8) is 0 Å². The summed E-state index contributed by atoms with van der Waals surface area (Å²) in [5.41, 5.74) is 2.69. The second kappa shape index (κ2) is 15.0. The van der Waals surface area contributed by atoms with E-state index in [4.69, 9.17) is 26.3 Å². The van der Waals surface area contributed by atoms with Crippen LogP contribution in [-0.2, 0) is 4.79 Å². The zero-order chi connectivity index (χ0) is 28.3. The fraction of sp³-hybridized carbons (Fsp3) is 0.452. The van der Waals surface area contributed by atoms with Crippen LogP contribution < -0.4 is 10.1 Å². The standard InChI is InChI=1S/C31H40ClN3O4/c1-4-23(32)12-9-15-26-25(14-6-8-17-29(36)37)34-20-18-22(11-10-19-33-26)30(38)35-27-21-31(2,3)39-28-16-7-5-13-24(27)28/h4-5,7,9-11,13,15-16,18,23,27,29,36-37H,1,6,8,12,14,17,19-21H2,2-3H3,(H,35,38)/b11-10-,15-9+,22-18+,33-26?,34-25?. The number of rotatable bonds is 11. The van der Waals surface area contributed by atoms with E-state index in [1.54, 1.807) is 12.2 Å². The smallest absolute Gasteiger partial charge is 0.251 e. The first-order valence-electron chi connectivity index (χ1n) is 13.5. The molecule has 2 atom stereocenters. The maximum absolute atomic E-state index is 13.4. The summed E-state index contributed by atoms with van der Waals surface area (Å²) in [4.78, 5) is 22.9. The Hall–Kier alpha value is -3.00. The maximum atomic E-state index is 13.4. The molecule has 0 spiro atoms. The van der Waals surface area contributed by atoms with Crippen LogP contribution in [0.2, 0.25) is 0 Å². The largest absolute Gasteiger partial charge is 0.487 e. The molecule has 1 amide bonds. The van der Waals surface area contributed by atoms with Gasteiger partial charge in [0.15, 0.2) is 6.29 Å². The molecule has 0 aromatic heterocycles. The molecule has 8 heteroatoms. The second-order valence-electron chi connectivity index (χ2n) is 10.3. The molecular weight excluding hydrogens is 514 g/mol. The molecule has 39 heavy (non-hydrogen) atoms. The van der Waals surface area contributed by atoms with E-state index in [0.29, 0.717) is 50.8 Å². The minimum atomic E-state index is -1.31. The molecule has 1 aromatic rings. The number of carbonyl (C=O) groups is 1. The molecule has 0 aliphatic carbocycles. The van der Waals surface area contributed by atoms with Gasteiger partial charge in [0.05, 0.1) is 35.9 Å². The van der Waals surface area contributed by atoms with Crippen molar-refractivity contribution in [3.8, 4) is 5.75 Å². The molecule has 2 heterocycles. The summed E-state index contributed by atoms with van der Waals surface area (Å²) in [5, 5.41) is 21.4. The van der Waals surface area contributed by atoms with Gasteiger partial charge in [-0.05, 0) is 58.1 Å². The number of unbranched alkanes of at least 4 members (excludes halogenated alkanes) is 1. The van der Waals surface area contributed by atoms with Gasteiger partial charge in [0, 0.05) is 17.6 Å². The van der Waals surface area contributed by atoms with Crippen LogP contribution in [0.4, 0.5) is 0 Å². The summed E-state index contributed by atoms with van der Waals surface area (Å²) < 4.78 is 6.11. The van der Waals surface area contributed by atoms with Gasteiger partial charge >= 0.3 is 0 Å². The fourth-order valence-corrected chi connectivity index (χ4v) is 4.65. The number of aliphatic hydroxyl groups excluding tert-OH is 1. The molecule has 2 aliphatic heterocycles. The first-order valence-corrected chi connectivity index (χ1v) is 13.9. The van der Waals surface area contributed by atoms with Gasteiger partial charge in [-0.3, -0.25) is 14.8 Å². The van der Waals surface area contributed by atoms with E-state index < -0.39 is 11.9 Å². The number of aliphatic imine (C=N–C) groups is 2. The van der Waals surface area contributed by atoms with Crippen LogP contribution in [0, 0.1) is 0 Å². The van der Waals surface area contributed by atoms with E-state index in [0.717, 1.165) is 29.2 Å². The third kappa shape index (κ3) is 9.92. The molecule has 3 N–H and O–H groups in total. The van der Waals surface area contributed by atoms with Crippen LogP contribution in [0.5, 0.6) is 5.75 Å². The Balaban J connectivity index is 1.77. The van der Waals surface area contributed by atoms with E-state index >= 15 is 0 Å². The Bertz CT molecular complexity index is 1150. The maximum Gasteiger partial charge on any atom is 0.251 e. The summed E-state index contributed by atoms with van der Waals surface area (Å²) in [7, 11) is 0. The molecule has 0 saturated heterocycles. The molecule has 7 nitrogen and oxygen atoms in total. The van der Waals surface area contributed by atoms with Crippen molar-refractivity contribution in [1.29, 1.82) is 0 Å². The highest BCUT2D eigenvalue weighted by Crippen LogP contribution is 2.39. The molecule has 210 valence electrons. The van der Waals surface area contributed by atoms with Gasteiger partial charge in [-0.15, -0.1) is 18.2 Å². The molecule has 2 unspecified atom stereocenters.